The van der Waals surface area contributed by atoms with Crippen LogP contribution in [0.25, 0.3) is 0 Å². The summed E-state index contributed by atoms with van der Waals surface area (Å²) in [5, 5.41) is 3.07. The highest BCUT2D eigenvalue weighted by Gasteiger charge is 2.28. The van der Waals surface area contributed by atoms with Crippen LogP contribution in [0.3, 0.4) is 0 Å². The first-order chi connectivity index (χ1) is 11.7. The summed E-state index contributed by atoms with van der Waals surface area (Å²) in [4.78, 5) is 14.8. The Labute approximate surface area is 147 Å². The van der Waals surface area contributed by atoms with Crippen molar-refractivity contribution in [3.05, 3.63) is 0 Å². The Morgan fingerprint density at radius 3 is 2.67 bits per heavy atom. The molecule has 1 heterocycles. The van der Waals surface area contributed by atoms with Crippen LogP contribution < -0.4 is 5.32 Å². The van der Waals surface area contributed by atoms with Gasteiger partial charge in [0.15, 0.2) is 0 Å². The molecule has 1 saturated carbocycles. The van der Waals surface area contributed by atoms with E-state index >= 15 is 0 Å². The topological polar surface area (TPSA) is 50.8 Å². The lowest BCUT2D eigenvalue weighted by atomic mass is 10.1. The molecule has 1 aliphatic carbocycles. The Hall–Kier alpha value is -0.650. The minimum atomic E-state index is -0.0409. The highest BCUT2D eigenvalue weighted by Crippen LogP contribution is 2.19. The molecule has 24 heavy (non-hydrogen) atoms. The average Bonchev–Trinajstić information content (AvgIpc) is 2.88. The van der Waals surface area contributed by atoms with Crippen molar-refractivity contribution in [1.82, 2.24) is 10.2 Å². The second-order valence-electron chi connectivity index (χ2n) is 7.10. The normalized spacial score (nSPS) is 25.2. The fraction of sp³-hybridized carbons (Fsp3) is 0.947. The van der Waals surface area contributed by atoms with Crippen molar-refractivity contribution >= 4 is 5.91 Å². The van der Waals surface area contributed by atoms with Gasteiger partial charge >= 0.3 is 0 Å². The molecular formula is C19H36N2O3. The number of nitrogens with zero attached hydrogens (tertiary/aromatic N) is 1. The first kappa shape index (κ1) is 19.7. The van der Waals surface area contributed by atoms with E-state index in [0.717, 1.165) is 32.5 Å². The second kappa shape index (κ2) is 11.1. The highest BCUT2D eigenvalue weighted by atomic mass is 16.5. The van der Waals surface area contributed by atoms with E-state index in [1.165, 1.54) is 38.5 Å². The number of hydrogen-bond acceptors (Lipinski definition) is 4. The molecule has 0 unspecified atom stereocenters. The average molecular weight is 341 g/mol. The Balaban J connectivity index is 1.67. The van der Waals surface area contributed by atoms with Crippen LogP contribution in [0.5, 0.6) is 0 Å². The lowest BCUT2D eigenvalue weighted by Gasteiger charge is -2.37. The van der Waals surface area contributed by atoms with Crippen molar-refractivity contribution in [2.45, 2.75) is 83.5 Å². The molecule has 1 amide bonds. The molecule has 0 aromatic carbocycles. The standard InChI is InChI=1S/C19H36N2O3/c1-3-16-15-21(12-14-24-16)18(4-2)19(22)20-11-13-23-17-9-7-5-6-8-10-17/h16-18H,3-15H2,1-2H3,(H,20,22)/t16-,18+/m1/s1. The van der Waals surface area contributed by atoms with Crippen molar-refractivity contribution in [3.8, 4) is 0 Å². The highest BCUT2D eigenvalue weighted by molar-refractivity contribution is 5.81. The Bertz CT molecular complexity index is 357. The van der Waals surface area contributed by atoms with Gasteiger partial charge in [0.05, 0.1) is 31.5 Å². The van der Waals surface area contributed by atoms with E-state index in [-0.39, 0.29) is 18.1 Å². The quantitative estimate of drug-likeness (QED) is 0.545. The van der Waals surface area contributed by atoms with E-state index in [1.54, 1.807) is 0 Å². The lowest BCUT2D eigenvalue weighted by molar-refractivity contribution is -0.130. The van der Waals surface area contributed by atoms with Crippen LogP contribution in [0.4, 0.5) is 0 Å². The Kier molecular flexibility index (Phi) is 9.07. The largest absolute Gasteiger partial charge is 0.376 e. The summed E-state index contributed by atoms with van der Waals surface area (Å²) in [6, 6.07) is -0.0409. The van der Waals surface area contributed by atoms with Gasteiger partial charge in [-0.15, -0.1) is 0 Å². The number of morpholine rings is 1. The van der Waals surface area contributed by atoms with Gasteiger partial charge in [-0.2, -0.15) is 0 Å². The number of amides is 1. The number of carbonyl (C=O) groups is 1. The number of nitrogens with one attached hydrogen (secondary N) is 1. The molecule has 2 rings (SSSR count). The van der Waals surface area contributed by atoms with Crippen molar-refractivity contribution in [1.29, 1.82) is 0 Å². The third kappa shape index (κ3) is 6.34. The third-order valence-electron chi connectivity index (χ3n) is 5.31. The molecule has 2 aliphatic rings. The fourth-order valence-corrected chi connectivity index (χ4v) is 3.81. The lowest BCUT2D eigenvalue weighted by Crippen LogP contribution is -2.53. The number of rotatable bonds is 8. The number of ether oxygens (including phenoxy) is 2. The molecule has 1 saturated heterocycles. The van der Waals surface area contributed by atoms with Gasteiger partial charge in [0.1, 0.15) is 0 Å². The summed E-state index contributed by atoms with van der Waals surface area (Å²) in [5.41, 5.74) is 0. The fourth-order valence-electron chi connectivity index (χ4n) is 3.81. The summed E-state index contributed by atoms with van der Waals surface area (Å²) in [6.45, 7) is 7.92. The third-order valence-corrected chi connectivity index (χ3v) is 5.31. The van der Waals surface area contributed by atoms with Gasteiger partial charge in [0, 0.05) is 19.6 Å². The molecule has 0 aromatic rings. The second-order valence-corrected chi connectivity index (χ2v) is 7.10. The molecular weight excluding hydrogens is 304 g/mol. The van der Waals surface area contributed by atoms with E-state index < -0.39 is 0 Å². The maximum Gasteiger partial charge on any atom is 0.237 e. The van der Waals surface area contributed by atoms with Crippen LogP contribution in [0.15, 0.2) is 0 Å². The van der Waals surface area contributed by atoms with Gasteiger partial charge in [-0.25, -0.2) is 0 Å². The minimum Gasteiger partial charge on any atom is -0.376 e. The van der Waals surface area contributed by atoms with Crippen LogP contribution in [0.1, 0.15) is 65.2 Å². The minimum absolute atomic E-state index is 0.0409. The van der Waals surface area contributed by atoms with Crippen LogP contribution in [-0.2, 0) is 14.3 Å². The smallest absolute Gasteiger partial charge is 0.237 e. The first-order valence-corrected chi connectivity index (χ1v) is 9.99. The molecule has 0 spiro atoms. The van der Waals surface area contributed by atoms with Crippen molar-refractivity contribution in [3.63, 3.8) is 0 Å². The summed E-state index contributed by atoms with van der Waals surface area (Å²) >= 11 is 0. The van der Waals surface area contributed by atoms with Gasteiger partial charge in [0.2, 0.25) is 5.91 Å². The molecule has 2 atom stereocenters. The van der Waals surface area contributed by atoms with Crippen LogP contribution in [-0.4, -0.2) is 61.9 Å². The van der Waals surface area contributed by atoms with Crippen LogP contribution >= 0.6 is 0 Å². The zero-order chi connectivity index (χ0) is 17.2. The maximum atomic E-state index is 12.5. The van der Waals surface area contributed by atoms with Crippen molar-refractivity contribution in [2.75, 3.05) is 32.8 Å². The molecule has 1 aliphatic heterocycles. The van der Waals surface area contributed by atoms with Crippen molar-refractivity contribution < 1.29 is 14.3 Å². The molecule has 0 radical (unpaired) electrons. The SMILES string of the molecule is CC[C@@H]1CN([C@@H](CC)C(=O)NCCOC2CCCCCC2)CCO1. The summed E-state index contributed by atoms with van der Waals surface area (Å²) < 4.78 is 11.7. The predicted octanol–water partition coefficient (Wildman–Crippen LogP) is 2.73. The summed E-state index contributed by atoms with van der Waals surface area (Å²) in [6.07, 6.45) is 10.1. The summed E-state index contributed by atoms with van der Waals surface area (Å²) in [5.74, 6) is 0.138. The van der Waals surface area contributed by atoms with Gasteiger partial charge in [0.25, 0.3) is 0 Å². The van der Waals surface area contributed by atoms with E-state index in [0.29, 0.717) is 19.3 Å². The summed E-state index contributed by atoms with van der Waals surface area (Å²) in [7, 11) is 0. The first-order valence-electron chi connectivity index (χ1n) is 9.99. The molecule has 5 nitrogen and oxygen atoms in total. The Morgan fingerprint density at radius 2 is 2.00 bits per heavy atom. The predicted molar refractivity (Wildman–Crippen MR) is 96.1 cm³/mol. The molecule has 140 valence electrons. The van der Waals surface area contributed by atoms with Gasteiger partial charge in [-0.1, -0.05) is 39.5 Å². The van der Waals surface area contributed by atoms with E-state index in [4.69, 9.17) is 9.47 Å². The van der Waals surface area contributed by atoms with E-state index in [9.17, 15) is 4.79 Å². The number of hydrogen-bond donors (Lipinski definition) is 1. The molecule has 5 heteroatoms. The van der Waals surface area contributed by atoms with Crippen molar-refractivity contribution in [2.24, 2.45) is 0 Å². The molecule has 0 bridgehead atoms. The zero-order valence-corrected chi connectivity index (χ0v) is 15.6. The van der Waals surface area contributed by atoms with E-state index in [2.05, 4.69) is 24.1 Å². The Morgan fingerprint density at radius 1 is 1.25 bits per heavy atom. The molecule has 2 fully saturated rings. The molecule has 1 N–H and O–H groups in total. The van der Waals surface area contributed by atoms with E-state index in [1.807, 2.05) is 0 Å². The maximum absolute atomic E-state index is 12.5. The zero-order valence-electron chi connectivity index (χ0n) is 15.6. The molecule has 0 aromatic heterocycles. The monoisotopic (exact) mass is 340 g/mol. The number of carbonyl (C=O) groups excluding carboxylic acids is 1. The van der Waals surface area contributed by atoms with Crippen LogP contribution in [0, 0.1) is 0 Å². The van der Waals surface area contributed by atoms with Crippen LogP contribution in [0.2, 0.25) is 0 Å². The van der Waals surface area contributed by atoms with Gasteiger partial charge in [-0.05, 0) is 25.7 Å². The van der Waals surface area contributed by atoms with Gasteiger partial charge in [-0.3, -0.25) is 9.69 Å². The van der Waals surface area contributed by atoms with Gasteiger partial charge < -0.3 is 14.8 Å².